The third-order valence-corrected chi connectivity index (χ3v) is 7.02. The molecule has 0 amide bonds. The zero-order valence-electron chi connectivity index (χ0n) is 20.6. The fraction of sp³-hybridized carbons (Fsp3) is 0.423. The fourth-order valence-electron chi connectivity index (χ4n) is 4.79. The smallest absolute Gasteiger partial charge is 0.229 e. The Balaban J connectivity index is 1.66. The van der Waals surface area contributed by atoms with E-state index in [4.69, 9.17) is 18.6 Å². The average Bonchev–Trinajstić information content (AvgIpc) is 2.93. The minimum absolute atomic E-state index is 0.0252. The summed E-state index contributed by atoms with van der Waals surface area (Å²) in [7, 11) is 0. The zero-order chi connectivity index (χ0) is 28.9. The van der Waals surface area contributed by atoms with Crippen LogP contribution < -0.4 is 10.2 Å². The summed E-state index contributed by atoms with van der Waals surface area (Å²) in [5.41, 5.74) is -0.900. The molecule has 0 bridgehead atoms. The Bertz CT molecular complexity index is 1420. The first-order chi connectivity index (χ1) is 19.0. The number of phenols is 2. The molecule has 1 aromatic heterocycles. The minimum Gasteiger partial charge on any atom is -0.508 e. The standard InChI is InChI=1S/C26H28O14/c27-7-16-20(32)22(34)24(36)26(40-16)39-15-6-14-17(11(29)5-13(38-14)9-1-3-10(28)4-2-9)21(33)18(15)25-23(35)19(31)12(30)8-37-25/h1-6,12,16,19-20,22-28,30-36H,7-8H2/t12-,16-,19-,20-,22+,23-,24-,25-,26-/m1/s1. The molecule has 0 saturated carbocycles. The van der Waals surface area contributed by atoms with E-state index in [0.717, 1.165) is 12.1 Å². The molecule has 2 saturated heterocycles. The summed E-state index contributed by atoms with van der Waals surface area (Å²) in [4.78, 5) is 13.2. The first-order valence-electron chi connectivity index (χ1n) is 12.3. The normalized spacial score (nSPS) is 32.7. The van der Waals surface area contributed by atoms with Gasteiger partial charge in [0.05, 0.1) is 18.8 Å². The van der Waals surface area contributed by atoms with E-state index in [1.807, 2.05) is 0 Å². The van der Waals surface area contributed by atoms with Crippen molar-refractivity contribution in [2.45, 2.75) is 55.1 Å². The Hall–Kier alpha value is -3.31. The highest BCUT2D eigenvalue weighted by Gasteiger charge is 2.46. The summed E-state index contributed by atoms with van der Waals surface area (Å²) in [5, 5.41) is 91.6. The summed E-state index contributed by atoms with van der Waals surface area (Å²) in [6, 6.07) is 7.93. The number of rotatable bonds is 5. The number of aliphatic hydroxyl groups excluding tert-OH is 7. The van der Waals surface area contributed by atoms with E-state index in [9.17, 15) is 50.8 Å². The second-order valence-corrected chi connectivity index (χ2v) is 9.65. The summed E-state index contributed by atoms with van der Waals surface area (Å²) in [6.45, 7) is -1.21. The van der Waals surface area contributed by atoms with E-state index in [1.54, 1.807) is 0 Å². The van der Waals surface area contributed by atoms with Gasteiger partial charge in [0.25, 0.3) is 0 Å². The van der Waals surface area contributed by atoms with Crippen molar-refractivity contribution in [2.24, 2.45) is 0 Å². The molecule has 2 aromatic carbocycles. The molecule has 5 rings (SSSR count). The van der Waals surface area contributed by atoms with Crippen LogP contribution in [0.3, 0.4) is 0 Å². The van der Waals surface area contributed by atoms with Gasteiger partial charge in [-0.05, 0) is 24.3 Å². The Morgan fingerprint density at radius 3 is 2.25 bits per heavy atom. The average molecular weight is 564 g/mol. The summed E-state index contributed by atoms with van der Waals surface area (Å²) < 4.78 is 22.5. The quantitative estimate of drug-likeness (QED) is 0.166. The monoisotopic (exact) mass is 564 g/mol. The van der Waals surface area contributed by atoms with Crippen LogP contribution in [0, 0.1) is 0 Å². The molecule has 14 heteroatoms. The highest BCUT2D eigenvalue weighted by Crippen LogP contribution is 2.45. The first kappa shape index (κ1) is 28.2. The number of benzene rings is 2. The number of hydrogen-bond acceptors (Lipinski definition) is 14. The molecule has 3 aromatic rings. The molecule has 0 aliphatic carbocycles. The number of fused-ring (bicyclic) bond motifs is 1. The maximum Gasteiger partial charge on any atom is 0.229 e. The third kappa shape index (κ3) is 4.89. The van der Waals surface area contributed by atoms with E-state index < -0.39 is 79.5 Å². The van der Waals surface area contributed by atoms with Gasteiger partial charge in [-0.3, -0.25) is 4.79 Å². The second kappa shape index (κ2) is 10.9. The molecule has 14 nitrogen and oxygen atoms in total. The van der Waals surface area contributed by atoms with Crippen molar-refractivity contribution >= 4 is 11.0 Å². The van der Waals surface area contributed by atoms with E-state index >= 15 is 0 Å². The lowest BCUT2D eigenvalue weighted by atomic mass is 9.92. The van der Waals surface area contributed by atoms with Crippen LogP contribution in [0.15, 0.2) is 45.6 Å². The molecule has 0 spiro atoms. The van der Waals surface area contributed by atoms with E-state index in [0.29, 0.717) is 5.56 Å². The lowest BCUT2D eigenvalue weighted by Gasteiger charge is -2.40. The van der Waals surface area contributed by atoms with Crippen LogP contribution in [0.2, 0.25) is 0 Å². The number of phenolic OH excluding ortho intramolecular Hbond substituents is 2. The van der Waals surface area contributed by atoms with Crippen molar-refractivity contribution in [3.8, 4) is 28.6 Å². The molecule has 3 heterocycles. The molecule has 0 unspecified atom stereocenters. The minimum atomic E-state index is -1.86. The summed E-state index contributed by atoms with van der Waals surface area (Å²) >= 11 is 0. The maximum absolute atomic E-state index is 13.2. The summed E-state index contributed by atoms with van der Waals surface area (Å²) in [5.74, 6) is -1.12. The van der Waals surface area contributed by atoms with Crippen LogP contribution in [0.4, 0.5) is 0 Å². The van der Waals surface area contributed by atoms with Gasteiger partial charge < -0.3 is 64.6 Å². The highest BCUT2D eigenvalue weighted by atomic mass is 16.7. The molecule has 2 aliphatic rings. The third-order valence-electron chi connectivity index (χ3n) is 7.02. The molecule has 0 radical (unpaired) electrons. The van der Waals surface area contributed by atoms with Gasteiger partial charge in [-0.25, -0.2) is 0 Å². The van der Waals surface area contributed by atoms with Gasteiger partial charge in [0.2, 0.25) is 6.29 Å². The first-order valence-corrected chi connectivity index (χ1v) is 12.3. The molecule has 2 aliphatic heterocycles. The van der Waals surface area contributed by atoms with Crippen molar-refractivity contribution in [3.05, 3.63) is 52.2 Å². The molecular formula is C26H28O14. The van der Waals surface area contributed by atoms with Gasteiger partial charge in [0.15, 0.2) is 5.43 Å². The van der Waals surface area contributed by atoms with E-state index in [1.165, 1.54) is 24.3 Å². The van der Waals surface area contributed by atoms with Crippen LogP contribution in [0.5, 0.6) is 17.2 Å². The Kier molecular flexibility index (Phi) is 7.71. The Labute approximate surface area is 225 Å². The molecule has 40 heavy (non-hydrogen) atoms. The SMILES string of the molecule is O=c1cc(-c2ccc(O)cc2)oc2cc(O[C@@H]3O[C@H](CO)[C@@H](O)[C@H](O)[C@H]3O)c([C@H]3OC[C@@H](O)[C@@H](O)[C@H]3O)c(O)c12. The Morgan fingerprint density at radius 1 is 0.875 bits per heavy atom. The van der Waals surface area contributed by atoms with Crippen molar-refractivity contribution in [1.29, 1.82) is 0 Å². The molecule has 2 fully saturated rings. The van der Waals surface area contributed by atoms with Gasteiger partial charge in [0, 0.05) is 17.7 Å². The number of aliphatic hydroxyl groups is 7. The van der Waals surface area contributed by atoms with E-state index in [-0.39, 0.29) is 33.8 Å². The molecule has 9 atom stereocenters. The zero-order valence-corrected chi connectivity index (χ0v) is 20.6. The largest absolute Gasteiger partial charge is 0.508 e. The second-order valence-electron chi connectivity index (χ2n) is 9.65. The predicted molar refractivity (Wildman–Crippen MR) is 132 cm³/mol. The van der Waals surface area contributed by atoms with Crippen molar-refractivity contribution in [3.63, 3.8) is 0 Å². The lowest BCUT2D eigenvalue weighted by Crippen LogP contribution is -2.60. The lowest BCUT2D eigenvalue weighted by molar-refractivity contribution is -0.278. The van der Waals surface area contributed by atoms with E-state index in [2.05, 4.69) is 0 Å². The van der Waals surface area contributed by atoms with Gasteiger partial charge in [-0.1, -0.05) is 0 Å². The van der Waals surface area contributed by atoms with Crippen LogP contribution in [-0.2, 0) is 9.47 Å². The van der Waals surface area contributed by atoms with Crippen molar-refractivity contribution in [1.82, 2.24) is 0 Å². The van der Waals surface area contributed by atoms with Crippen LogP contribution in [-0.4, -0.2) is 108 Å². The van der Waals surface area contributed by atoms with Crippen molar-refractivity contribution in [2.75, 3.05) is 13.2 Å². The van der Waals surface area contributed by atoms with Gasteiger partial charge in [0.1, 0.15) is 82.8 Å². The predicted octanol–water partition coefficient (Wildman–Crippen LogP) is -1.80. The number of hydrogen-bond donors (Lipinski definition) is 9. The fourth-order valence-corrected chi connectivity index (χ4v) is 4.79. The van der Waals surface area contributed by atoms with Gasteiger partial charge in [-0.2, -0.15) is 0 Å². The highest BCUT2D eigenvalue weighted by molar-refractivity contribution is 5.88. The maximum atomic E-state index is 13.2. The van der Waals surface area contributed by atoms with Gasteiger partial charge >= 0.3 is 0 Å². The van der Waals surface area contributed by atoms with Crippen LogP contribution >= 0.6 is 0 Å². The van der Waals surface area contributed by atoms with Crippen LogP contribution in [0.25, 0.3) is 22.3 Å². The molecular weight excluding hydrogens is 536 g/mol. The molecule has 216 valence electrons. The number of aromatic hydroxyl groups is 2. The molecule has 9 N–H and O–H groups in total. The Morgan fingerprint density at radius 2 is 1.57 bits per heavy atom. The summed E-state index contributed by atoms with van der Waals surface area (Å²) in [6.07, 6.45) is -15.0. The van der Waals surface area contributed by atoms with Gasteiger partial charge in [-0.15, -0.1) is 0 Å². The van der Waals surface area contributed by atoms with Crippen LogP contribution in [0.1, 0.15) is 11.7 Å². The van der Waals surface area contributed by atoms with Crippen molar-refractivity contribution < 1.29 is 64.6 Å². The topological polar surface area (TPSA) is 240 Å². The number of ether oxygens (including phenoxy) is 3.